The minimum absolute atomic E-state index is 0.0455. The van der Waals surface area contributed by atoms with Crippen molar-refractivity contribution in [1.82, 2.24) is 10.6 Å². The molecule has 0 aromatic carbocycles. The number of amides is 2. The van der Waals surface area contributed by atoms with Crippen LogP contribution in [0.2, 0.25) is 0 Å². The van der Waals surface area contributed by atoms with Gasteiger partial charge < -0.3 is 100 Å². The quantitative estimate of drug-likeness (QED) is 0.0354. The molecule has 2 amide bonds. The smallest absolute Gasteiger partial charge is 0.397 e. The van der Waals surface area contributed by atoms with Gasteiger partial charge in [0.05, 0.1) is 13.2 Å². The molecular formula is C33H55N3O29S2. The van der Waals surface area contributed by atoms with E-state index in [1.54, 1.807) is 0 Å². The molecule has 0 aromatic heterocycles. The van der Waals surface area contributed by atoms with E-state index in [0.717, 1.165) is 13.8 Å². The number of hydrogen-bond donors (Lipinski definition) is 14. The van der Waals surface area contributed by atoms with E-state index >= 15 is 0 Å². The molecule has 4 aliphatic rings. The van der Waals surface area contributed by atoms with Gasteiger partial charge in [0.1, 0.15) is 85.3 Å². The fraction of sp³-hybridized carbons (Fsp3) is 0.879. The molecule has 4 heterocycles. The van der Waals surface area contributed by atoms with Crippen molar-refractivity contribution in [2.75, 3.05) is 26.4 Å². The fourth-order valence-corrected chi connectivity index (χ4v) is 7.95. The first-order chi connectivity index (χ1) is 31.1. The first-order valence-electron chi connectivity index (χ1n) is 20.1. The number of carboxylic acids is 2. The van der Waals surface area contributed by atoms with E-state index < -0.39 is 180 Å². The number of aliphatic hydroxyl groups excluding tert-OH is 7. The van der Waals surface area contributed by atoms with Gasteiger partial charge in [-0.2, -0.15) is 16.8 Å². The summed E-state index contributed by atoms with van der Waals surface area (Å²) in [5, 5.41) is 101. The summed E-state index contributed by atoms with van der Waals surface area (Å²) in [5.41, 5.74) is 5.50. The molecule has 32 nitrogen and oxygen atoms in total. The van der Waals surface area contributed by atoms with Crippen LogP contribution in [0.15, 0.2) is 0 Å². The van der Waals surface area contributed by atoms with Crippen LogP contribution in [0.5, 0.6) is 0 Å². The summed E-state index contributed by atoms with van der Waals surface area (Å²) in [4.78, 5) is 49.0. The highest BCUT2D eigenvalue weighted by molar-refractivity contribution is 7.81. The van der Waals surface area contributed by atoms with Gasteiger partial charge >= 0.3 is 32.7 Å². The highest BCUT2D eigenvalue weighted by Crippen LogP contribution is 2.35. The van der Waals surface area contributed by atoms with E-state index in [0.29, 0.717) is 25.8 Å². The van der Waals surface area contributed by atoms with Crippen molar-refractivity contribution in [2.45, 2.75) is 156 Å². The van der Waals surface area contributed by atoms with Gasteiger partial charge in [-0.25, -0.2) is 18.0 Å². The van der Waals surface area contributed by atoms with Crippen molar-refractivity contribution in [2.24, 2.45) is 5.73 Å². The summed E-state index contributed by atoms with van der Waals surface area (Å²) in [5.74, 6) is -5.61. The number of aliphatic carboxylic acids is 2. The number of carbonyl (C=O) groups excluding carboxylic acids is 2. The molecule has 4 rings (SSSR count). The second kappa shape index (κ2) is 24.2. The number of hydrogen-bond acceptors (Lipinski definition) is 26. The maximum absolute atomic E-state index is 12.7. The molecule has 4 aliphatic heterocycles. The highest BCUT2D eigenvalue weighted by Gasteiger charge is 2.57. The molecule has 4 fully saturated rings. The highest BCUT2D eigenvalue weighted by atomic mass is 32.3. The van der Waals surface area contributed by atoms with Crippen LogP contribution < -0.4 is 16.4 Å². The van der Waals surface area contributed by atoms with Gasteiger partial charge in [-0.3, -0.25) is 18.7 Å². The molecule has 388 valence electrons. The second-order valence-corrected chi connectivity index (χ2v) is 17.6. The topological polar surface area (TPSA) is 501 Å². The zero-order valence-electron chi connectivity index (χ0n) is 35.2. The Bertz CT molecular complexity index is 1900. The number of carboxylic acid groups (broad SMARTS) is 2. The first-order valence-corrected chi connectivity index (χ1v) is 22.8. The monoisotopic (exact) mass is 1020 g/mol. The largest absolute Gasteiger partial charge is 0.479 e. The Balaban J connectivity index is 1.64. The average Bonchev–Trinajstić information content (AvgIpc) is 3.22. The standard InChI is InChI=1S/C33H55N3O29S2/c1-10(37)35-14-16(39)23(12(8-57-66(50,51)52)59-30(14)56-7-5-3-4-6-34)62-33-22(45)20(43)25(27(65-33)29(48)49)63-31-15(36-11(2)38)17(40)24(13(60-31)9-58-67(53,54)55)61-32-21(44)18(41)19(42)26(64-32)28(46)47/h12-27,30-33,39-45H,3-9,34H2,1-2H3,(H,35,37)(H,36,38)(H,46,47)(H,48,49)(H,50,51,52)(H,53,54,55)/t12-,13-,14-,15-,16-,17-,18+,19+,20-,21-,22-,23-,24-,25+,26+,27-,30+,31-,32-,33-/m1/s1. The molecule has 4 saturated heterocycles. The van der Waals surface area contributed by atoms with Crippen molar-refractivity contribution in [3.8, 4) is 0 Å². The Labute approximate surface area is 379 Å². The molecule has 0 aromatic rings. The van der Waals surface area contributed by atoms with Crippen molar-refractivity contribution in [3.63, 3.8) is 0 Å². The molecule has 67 heavy (non-hydrogen) atoms. The second-order valence-electron chi connectivity index (χ2n) is 15.4. The van der Waals surface area contributed by atoms with Gasteiger partial charge in [0.25, 0.3) is 0 Å². The van der Waals surface area contributed by atoms with Crippen molar-refractivity contribution in [1.29, 1.82) is 0 Å². The number of unbranched alkanes of at least 4 members (excludes halogenated alkanes) is 2. The average molecular weight is 1020 g/mol. The Morgan fingerprint density at radius 3 is 1.42 bits per heavy atom. The molecule has 20 atom stereocenters. The van der Waals surface area contributed by atoms with E-state index in [1.165, 1.54) is 0 Å². The van der Waals surface area contributed by atoms with Crippen molar-refractivity contribution in [3.05, 3.63) is 0 Å². The predicted octanol–water partition coefficient (Wildman–Crippen LogP) is -8.47. The van der Waals surface area contributed by atoms with E-state index in [9.17, 15) is 91.1 Å². The maximum atomic E-state index is 12.7. The normalized spacial score (nSPS) is 39.6. The van der Waals surface area contributed by atoms with E-state index in [4.69, 9.17) is 43.6 Å². The zero-order valence-corrected chi connectivity index (χ0v) is 36.8. The summed E-state index contributed by atoms with van der Waals surface area (Å²) in [6, 6.07) is -3.55. The van der Waals surface area contributed by atoms with Crippen LogP contribution in [-0.2, 0) is 86.2 Å². The fourth-order valence-electron chi connectivity index (χ4n) is 7.34. The third kappa shape index (κ3) is 15.2. The number of carbonyl (C=O) groups is 4. The molecule has 0 radical (unpaired) electrons. The Kier molecular flexibility index (Phi) is 20.4. The SMILES string of the molecule is CC(=O)N[C@H]1[C@@H](O[C@H]2[C@H](O)[C@@H](O)[C@H](O[C@H]3[C@H](O)[C@@H](NC(C)=O)[C@@H](OCCCCCN)O[C@@H]3COS(=O)(=O)O)O[C@H]2C(=O)O)O[C@H](COS(=O)(=O)O)[C@@H](O[C@@H]2O[C@H](C(=O)O)[C@@H](O)[C@H](O)[C@H]2O)[C@@H]1O. The summed E-state index contributed by atoms with van der Waals surface area (Å²) >= 11 is 0. The summed E-state index contributed by atoms with van der Waals surface area (Å²) in [6.07, 6.45) is -38.1. The van der Waals surface area contributed by atoms with Crippen LogP contribution in [0.25, 0.3) is 0 Å². The molecule has 0 saturated carbocycles. The van der Waals surface area contributed by atoms with Crippen LogP contribution in [-0.4, -0.2) is 245 Å². The van der Waals surface area contributed by atoms with Gasteiger partial charge in [-0.15, -0.1) is 0 Å². The predicted molar refractivity (Wildman–Crippen MR) is 206 cm³/mol. The minimum atomic E-state index is -5.37. The third-order valence-electron chi connectivity index (χ3n) is 10.5. The number of rotatable bonds is 22. The van der Waals surface area contributed by atoms with Crippen LogP contribution in [0.4, 0.5) is 0 Å². The van der Waals surface area contributed by atoms with Crippen LogP contribution in [0.1, 0.15) is 33.1 Å². The minimum Gasteiger partial charge on any atom is -0.479 e. The van der Waals surface area contributed by atoms with Gasteiger partial charge in [-0.05, 0) is 25.8 Å². The molecule has 34 heteroatoms. The third-order valence-corrected chi connectivity index (χ3v) is 11.3. The van der Waals surface area contributed by atoms with E-state index in [-0.39, 0.29) is 6.61 Å². The lowest BCUT2D eigenvalue weighted by molar-refractivity contribution is -0.371. The Morgan fingerprint density at radius 2 is 0.970 bits per heavy atom. The molecule has 0 aliphatic carbocycles. The maximum Gasteiger partial charge on any atom is 0.397 e. The molecule has 0 bridgehead atoms. The molecule has 15 N–H and O–H groups in total. The van der Waals surface area contributed by atoms with Crippen molar-refractivity contribution < 1.29 is 137 Å². The first kappa shape index (κ1) is 56.6. The summed E-state index contributed by atoms with van der Waals surface area (Å²) < 4.78 is 118. The van der Waals surface area contributed by atoms with Gasteiger partial charge in [0.15, 0.2) is 37.4 Å². The molecule has 0 unspecified atom stereocenters. The summed E-state index contributed by atoms with van der Waals surface area (Å²) in [6.45, 7) is -0.260. The zero-order chi connectivity index (χ0) is 50.3. The van der Waals surface area contributed by atoms with E-state index in [2.05, 4.69) is 19.0 Å². The number of aliphatic hydroxyl groups is 7. The Hall–Kier alpha value is -3.02. The molecule has 0 spiro atoms. The van der Waals surface area contributed by atoms with E-state index in [1.807, 2.05) is 0 Å². The molecular weight excluding hydrogens is 966 g/mol. The number of nitrogens with one attached hydrogen (secondary N) is 2. The summed E-state index contributed by atoms with van der Waals surface area (Å²) in [7, 11) is -10.6. The van der Waals surface area contributed by atoms with Gasteiger partial charge in [0, 0.05) is 20.5 Å². The van der Waals surface area contributed by atoms with Gasteiger partial charge in [-0.1, -0.05) is 0 Å². The Morgan fingerprint density at radius 1 is 0.537 bits per heavy atom. The lowest BCUT2D eigenvalue weighted by Crippen LogP contribution is -2.70. The number of ether oxygens (including phenoxy) is 8. The van der Waals surface area contributed by atoms with Crippen LogP contribution in [0.3, 0.4) is 0 Å². The van der Waals surface area contributed by atoms with Crippen LogP contribution >= 0.6 is 0 Å². The van der Waals surface area contributed by atoms with Crippen LogP contribution in [0, 0.1) is 0 Å². The lowest BCUT2D eigenvalue weighted by atomic mass is 9.94. The van der Waals surface area contributed by atoms with Crippen molar-refractivity contribution >= 4 is 44.6 Å². The van der Waals surface area contributed by atoms with Gasteiger partial charge in [0.2, 0.25) is 11.8 Å². The number of nitrogens with two attached hydrogens (primary N) is 1. The lowest BCUT2D eigenvalue weighted by Gasteiger charge is -2.49.